The molecular weight excluding hydrogens is 298 g/mol. The second kappa shape index (κ2) is 12.1. The number of methoxy groups -OCH3 is 1. The first-order valence-corrected chi connectivity index (χ1v) is 9.79. The normalized spacial score (nSPS) is 13.5. The topological polar surface area (TPSA) is 47.0 Å². The van der Waals surface area contributed by atoms with E-state index in [0.717, 1.165) is 5.82 Å². The van der Waals surface area contributed by atoms with Crippen LogP contribution in [0.1, 0.15) is 91.4 Å². The van der Waals surface area contributed by atoms with Gasteiger partial charge in [-0.25, -0.2) is 0 Å². The Morgan fingerprint density at radius 3 is 1.96 bits per heavy atom. The number of rotatable bonds is 14. The maximum Gasteiger partial charge on any atom is 0.233 e. The number of anilines is 1. The summed E-state index contributed by atoms with van der Waals surface area (Å²) in [4.78, 5) is 0. The van der Waals surface area contributed by atoms with Crippen LogP contribution in [-0.2, 0) is 0 Å². The minimum atomic E-state index is 0.100. The zero-order valence-electron chi connectivity index (χ0n) is 16.2. The first-order chi connectivity index (χ1) is 11.6. The summed E-state index contributed by atoms with van der Waals surface area (Å²) < 4.78 is 5.09. The number of ether oxygens (including phenoxy) is 1. The monoisotopic (exact) mass is 335 g/mol. The van der Waals surface area contributed by atoms with Gasteiger partial charge in [-0.1, -0.05) is 71.6 Å². The van der Waals surface area contributed by atoms with E-state index in [-0.39, 0.29) is 5.54 Å². The molecule has 1 aromatic rings. The summed E-state index contributed by atoms with van der Waals surface area (Å²) in [6.45, 7) is 6.87. The molecule has 1 unspecified atom stereocenters. The van der Waals surface area contributed by atoms with E-state index < -0.39 is 0 Å². The number of hydrogen-bond acceptors (Lipinski definition) is 4. The Balaban J connectivity index is 2.56. The minimum absolute atomic E-state index is 0.100. The zero-order valence-corrected chi connectivity index (χ0v) is 16.2. The summed E-state index contributed by atoms with van der Waals surface area (Å²) in [5, 5.41) is 12.0. The Kier molecular flexibility index (Phi) is 10.4. The van der Waals surface area contributed by atoms with Crippen molar-refractivity contribution < 1.29 is 4.74 Å². The van der Waals surface area contributed by atoms with E-state index in [4.69, 9.17) is 4.74 Å². The summed E-state index contributed by atoms with van der Waals surface area (Å²) in [5.41, 5.74) is 0.100. The molecule has 0 aromatic carbocycles. The predicted molar refractivity (Wildman–Crippen MR) is 103 cm³/mol. The summed E-state index contributed by atoms with van der Waals surface area (Å²) in [6, 6.07) is 3.83. The van der Waals surface area contributed by atoms with Gasteiger partial charge in [0.1, 0.15) is 5.82 Å². The highest BCUT2D eigenvalue weighted by Crippen LogP contribution is 2.27. The molecule has 0 bridgehead atoms. The fourth-order valence-electron chi connectivity index (χ4n) is 3.12. The molecule has 0 aliphatic rings. The largest absolute Gasteiger partial charge is 0.480 e. The van der Waals surface area contributed by atoms with E-state index in [1.165, 1.54) is 70.6 Å². The molecule has 4 nitrogen and oxygen atoms in total. The van der Waals surface area contributed by atoms with Crippen molar-refractivity contribution in [2.45, 2.75) is 96.9 Å². The van der Waals surface area contributed by atoms with E-state index in [1.807, 2.05) is 12.1 Å². The number of aromatic nitrogens is 2. The van der Waals surface area contributed by atoms with Gasteiger partial charge in [0.05, 0.1) is 7.11 Å². The Labute approximate surface area is 148 Å². The van der Waals surface area contributed by atoms with Crippen LogP contribution >= 0.6 is 0 Å². The third-order valence-electron chi connectivity index (χ3n) is 4.69. The minimum Gasteiger partial charge on any atom is -0.480 e. The summed E-state index contributed by atoms with van der Waals surface area (Å²) in [7, 11) is 1.62. The lowest BCUT2D eigenvalue weighted by Crippen LogP contribution is -2.35. The summed E-state index contributed by atoms with van der Waals surface area (Å²) >= 11 is 0. The van der Waals surface area contributed by atoms with Gasteiger partial charge in [0, 0.05) is 11.6 Å². The van der Waals surface area contributed by atoms with E-state index in [2.05, 4.69) is 36.3 Å². The predicted octanol–water partition coefficient (Wildman–Crippen LogP) is 5.99. The standard InChI is InChI=1S/C20H37N3O/c1-5-7-9-11-13-17-20(3,16-12-10-8-6-2)21-18-14-15-19(24-4)23-22-18/h14-15H,5-13,16-17H2,1-4H3,(H,21,22). The average molecular weight is 336 g/mol. The summed E-state index contributed by atoms with van der Waals surface area (Å²) in [5.74, 6) is 1.41. The molecule has 1 rings (SSSR count). The number of unbranched alkanes of at least 4 members (excludes halogenated alkanes) is 7. The average Bonchev–Trinajstić information content (AvgIpc) is 2.59. The molecule has 4 heteroatoms. The van der Waals surface area contributed by atoms with Crippen LogP contribution in [0.2, 0.25) is 0 Å². The van der Waals surface area contributed by atoms with Gasteiger partial charge in [0.15, 0.2) is 0 Å². The van der Waals surface area contributed by atoms with E-state index in [9.17, 15) is 0 Å². The van der Waals surface area contributed by atoms with Crippen molar-refractivity contribution in [1.82, 2.24) is 10.2 Å². The van der Waals surface area contributed by atoms with Gasteiger partial charge in [0.25, 0.3) is 0 Å². The van der Waals surface area contributed by atoms with E-state index in [1.54, 1.807) is 7.11 Å². The third kappa shape index (κ3) is 8.51. The zero-order chi connectivity index (χ0) is 17.7. The van der Waals surface area contributed by atoms with Crippen molar-refractivity contribution in [2.24, 2.45) is 0 Å². The second-order valence-electron chi connectivity index (χ2n) is 7.12. The van der Waals surface area contributed by atoms with Gasteiger partial charge in [-0.3, -0.25) is 0 Å². The maximum absolute atomic E-state index is 5.09. The van der Waals surface area contributed by atoms with Crippen molar-refractivity contribution in [1.29, 1.82) is 0 Å². The van der Waals surface area contributed by atoms with Crippen LogP contribution in [0.4, 0.5) is 5.82 Å². The Morgan fingerprint density at radius 2 is 1.46 bits per heavy atom. The Bertz CT molecular complexity index is 421. The van der Waals surface area contributed by atoms with Crippen molar-refractivity contribution in [3.8, 4) is 5.88 Å². The molecule has 138 valence electrons. The molecule has 1 heterocycles. The van der Waals surface area contributed by atoms with Gasteiger partial charge in [-0.2, -0.15) is 0 Å². The molecule has 1 atom stereocenters. The van der Waals surface area contributed by atoms with Crippen LogP contribution in [0, 0.1) is 0 Å². The highest BCUT2D eigenvalue weighted by molar-refractivity contribution is 5.37. The van der Waals surface area contributed by atoms with Crippen LogP contribution in [0.3, 0.4) is 0 Å². The summed E-state index contributed by atoms with van der Waals surface area (Å²) in [6.07, 6.45) is 14.2. The SMILES string of the molecule is CCCCCCCC(C)(CCCCCC)Nc1ccc(OC)nn1. The van der Waals surface area contributed by atoms with E-state index >= 15 is 0 Å². The number of nitrogens with one attached hydrogen (secondary N) is 1. The van der Waals surface area contributed by atoms with Crippen molar-refractivity contribution in [3.63, 3.8) is 0 Å². The van der Waals surface area contributed by atoms with Gasteiger partial charge in [-0.05, 0) is 25.8 Å². The van der Waals surface area contributed by atoms with Crippen molar-refractivity contribution >= 4 is 5.82 Å². The van der Waals surface area contributed by atoms with Crippen molar-refractivity contribution in [3.05, 3.63) is 12.1 Å². The molecule has 0 radical (unpaired) electrons. The molecule has 0 aliphatic carbocycles. The van der Waals surface area contributed by atoms with Crippen LogP contribution < -0.4 is 10.1 Å². The first kappa shape index (κ1) is 20.7. The van der Waals surface area contributed by atoms with Gasteiger partial charge in [-0.15, -0.1) is 10.2 Å². The molecule has 1 N–H and O–H groups in total. The van der Waals surface area contributed by atoms with Crippen LogP contribution in [0.5, 0.6) is 5.88 Å². The lowest BCUT2D eigenvalue weighted by atomic mass is 9.88. The molecule has 0 spiro atoms. The molecular formula is C20H37N3O. The fraction of sp³-hybridized carbons (Fsp3) is 0.800. The van der Waals surface area contributed by atoms with Crippen LogP contribution in [0.15, 0.2) is 12.1 Å². The van der Waals surface area contributed by atoms with Crippen LogP contribution in [0.25, 0.3) is 0 Å². The molecule has 0 saturated carbocycles. The molecule has 0 amide bonds. The lowest BCUT2D eigenvalue weighted by molar-refractivity contribution is 0.386. The third-order valence-corrected chi connectivity index (χ3v) is 4.69. The molecule has 24 heavy (non-hydrogen) atoms. The maximum atomic E-state index is 5.09. The smallest absolute Gasteiger partial charge is 0.233 e. The quantitative estimate of drug-likeness (QED) is 0.424. The number of hydrogen-bond donors (Lipinski definition) is 1. The Morgan fingerprint density at radius 1 is 0.875 bits per heavy atom. The highest BCUT2D eigenvalue weighted by Gasteiger charge is 2.23. The van der Waals surface area contributed by atoms with Crippen LogP contribution in [-0.4, -0.2) is 22.8 Å². The van der Waals surface area contributed by atoms with Gasteiger partial charge in [0.2, 0.25) is 5.88 Å². The molecule has 0 aliphatic heterocycles. The Hall–Kier alpha value is -1.32. The second-order valence-corrected chi connectivity index (χ2v) is 7.12. The van der Waals surface area contributed by atoms with Gasteiger partial charge < -0.3 is 10.1 Å². The number of nitrogens with zero attached hydrogens (tertiary/aromatic N) is 2. The van der Waals surface area contributed by atoms with Crippen molar-refractivity contribution in [2.75, 3.05) is 12.4 Å². The first-order valence-electron chi connectivity index (χ1n) is 9.79. The highest BCUT2D eigenvalue weighted by atomic mass is 16.5. The lowest BCUT2D eigenvalue weighted by Gasteiger charge is -2.32. The molecule has 1 aromatic heterocycles. The fourth-order valence-corrected chi connectivity index (χ4v) is 3.12. The molecule has 0 fully saturated rings. The van der Waals surface area contributed by atoms with Gasteiger partial charge >= 0.3 is 0 Å². The molecule has 0 saturated heterocycles. The van der Waals surface area contributed by atoms with E-state index in [0.29, 0.717) is 5.88 Å².